The molecule has 1 N–H and O–H groups in total. The van der Waals surface area contributed by atoms with Crippen molar-refractivity contribution >= 4 is 9.84 Å². The van der Waals surface area contributed by atoms with Crippen LogP contribution in [0.3, 0.4) is 0 Å². The summed E-state index contributed by atoms with van der Waals surface area (Å²) < 4.78 is 24.1. The highest BCUT2D eigenvalue weighted by Crippen LogP contribution is 2.16. The quantitative estimate of drug-likeness (QED) is 0.818. The summed E-state index contributed by atoms with van der Waals surface area (Å²) in [5.74, 6) is 0.109. The van der Waals surface area contributed by atoms with Crippen molar-refractivity contribution in [3.8, 4) is 11.4 Å². The second-order valence-electron chi connectivity index (χ2n) is 3.27. The van der Waals surface area contributed by atoms with Gasteiger partial charge in [-0.1, -0.05) is 0 Å². The number of phenolic OH excluding ortho intramolecular Hbond substituents is 1. The minimum absolute atomic E-state index is 0.109. The molecule has 0 saturated heterocycles. The largest absolute Gasteiger partial charge is 0.508 e. The Bertz CT molecular complexity index is 601. The van der Waals surface area contributed by atoms with Crippen LogP contribution in [-0.4, -0.2) is 34.5 Å². The summed E-state index contributed by atoms with van der Waals surface area (Å²) in [4.78, 5) is 0. The summed E-state index contributed by atoms with van der Waals surface area (Å²) in [6.07, 6.45) is 2.37. The van der Waals surface area contributed by atoms with E-state index in [-0.39, 0.29) is 10.9 Å². The molecule has 6 nitrogen and oxygen atoms in total. The maximum absolute atomic E-state index is 11.4. The molecule has 0 aliphatic rings. The summed E-state index contributed by atoms with van der Waals surface area (Å²) in [5.41, 5.74) is 0.572. The van der Waals surface area contributed by atoms with Gasteiger partial charge in [-0.15, -0.1) is 10.2 Å². The Labute approximate surface area is 92.1 Å². The first-order valence-corrected chi connectivity index (χ1v) is 6.27. The second-order valence-corrected chi connectivity index (χ2v) is 5.18. The molecule has 0 bridgehead atoms. The average molecular weight is 239 g/mol. The summed E-state index contributed by atoms with van der Waals surface area (Å²) in [6.45, 7) is 0. The smallest absolute Gasteiger partial charge is 0.253 e. The van der Waals surface area contributed by atoms with Crippen LogP contribution in [0.4, 0.5) is 0 Å². The maximum Gasteiger partial charge on any atom is 0.253 e. The Morgan fingerprint density at radius 2 is 1.88 bits per heavy atom. The lowest BCUT2D eigenvalue weighted by molar-refractivity contribution is 0.475. The molecule has 0 atom stereocenters. The van der Waals surface area contributed by atoms with Crippen LogP contribution in [-0.2, 0) is 9.84 Å². The van der Waals surface area contributed by atoms with Gasteiger partial charge in [-0.3, -0.25) is 4.57 Å². The molecule has 0 amide bonds. The lowest BCUT2D eigenvalue weighted by Crippen LogP contribution is -2.07. The number of hydrogen-bond acceptors (Lipinski definition) is 5. The van der Waals surface area contributed by atoms with Crippen LogP contribution < -0.4 is 0 Å². The number of nitrogens with zero attached hydrogens (tertiary/aromatic N) is 3. The van der Waals surface area contributed by atoms with Crippen LogP contribution in [0, 0.1) is 0 Å². The van der Waals surface area contributed by atoms with Gasteiger partial charge >= 0.3 is 0 Å². The van der Waals surface area contributed by atoms with E-state index in [1.165, 1.54) is 23.0 Å². The normalized spacial score (nSPS) is 11.6. The molecule has 1 aromatic heterocycles. The molecule has 0 aliphatic heterocycles. The summed E-state index contributed by atoms with van der Waals surface area (Å²) >= 11 is 0. The molecule has 16 heavy (non-hydrogen) atoms. The third-order valence-corrected chi connectivity index (χ3v) is 2.92. The van der Waals surface area contributed by atoms with E-state index in [2.05, 4.69) is 10.2 Å². The molecule has 7 heteroatoms. The molecule has 0 unspecified atom stereocenters. The number of benzene rings is 1. The molecular formula is C9H9N3O3S. The lowest BCUT2D eigenvalue weighted by Gasteiger charge is -2.04. The van der Waals surface area contributed by atoms with E-state index in [4.69, 9.17) is 5.11 Å². The van der Waals surface area contributed by atoms with Crippen molar-refractivity contribution in [1.29, 1.82) is 0 Å². The van der Waals surface area contributed by atoms with Gasteiger partial charge in [0.05, 0.1) is 0 Å². The van der Waals surface area contributed by atoms with Crippen molar-refractivity contribution in [1.82, 2.24) is 14.8 Å². The number of hydrogen-bond donors (Lipinski definition) is 1. The summed E-state index contributed by atoms with van der Waals surface area (Å²) in [5, 5.41) is 16.1. The highest BCUT2D eigenvalue weighted by molar-refractivity contribution is 7.90. The summed E-state index contributed by atoms with van der Waals surface area (Å²) in [6, 6.07) is 6.07. The number of sulfone groups is 1. The minimum Gasteiger partial charge on any atom is -0.508 e. The van der Waals surface area contributed by atoms with E-state index in [9.17, 15) is 8.42 Å². The van der Waals surface area contributed by atoms with Crippen molar-refractivity contribution in [2.75, 3.05) is 6.26 Å². The number of phenols is 1. The van der Waals surface area contributed by atoms with E-state index in [0.29, 0.717) is 5.69 Å². The van der Waals surface area contributed by atoms with Gasteiger partial charge < -0.3 is 5.11 Å². The fourth-order valence-corrected chi connectivity index (χ4v) is 1.97. The summed E-state index contributed by atoms with van der Waals surface area (Å²) in [7, 11) is -3.42. The highest BCUT2D eigenvalue weighted by atomic mass is 32.2. The SMILES string of the molecule is CS(=O)(=O)c1nncn1-c1ccc(O)cc1. The van der Waals surface area contributed by atoms with Crippen molar-refractivity contribution in [3.05, 3.63) is 30.6 Å². The van der Waals surface area contributed by atoms with Gasteiger partial charge in [-0.05, 0) is 24.3 Å². The Morgan fingerprint density at radius 1 is 1.25 bits per heavy atom. The molecule has 84 valence electrons. The molecule has 0 aliphatic carbocycles. The van der Waals surface area contributed by atoms with Crippen LogP contribution in [0.15, 0.2) is 35.7 Å². The van der Waals surface area contributed by atoms with Crippen molar-refractivity contribution in [2.45, 2.75) is 5.16 Å². The first kappa shape index (κ1) is 10.6. The number of rotatable bonds is 2. The van der Waals surface area contributed by atoms with Crippen molar-refractivity contribution in [3.63, 3.8) is 0 Å². The zero-order chi connectivity index (χ0) is 11.8. The van der Waals surface area contributed by atoms with E-state index < -0.39 is 9.84 Å². The Hall–Kier alpha value is -1.89. The molecule has 0 radical (unpaired) electrons. The van der Waals surface area contributed by atoms with Gasteiger partial charge in [-0.2, -0.15) is 0 Å². The zero-order valence-corrected chi connectivity index (χ0v) is 9.22. The van der Waals surface area contributed by atoms with Crippen LogP contribution in [0.5, 0.6) is 5.75 Å². The van der Waals surface area contributed by atoms with Gasteiger partial charge in [0.25, 0.3) is 5.16 Å². The molecule has 1 heterocycles. The third kappa shape index (κ3) is 1.89. The Balaban J connectivity index is 2.58. The van der Waals surface area contributed by atoms with E-state index >= 15 is 0 Å². The lowest BCUT2D eigenvalue weighted by atomic mass is 10.3. The molecule has 2 aromatic rings. The highest BCUT2D eigenvalue weighted by Gasteiger charge is 2.16. The predicted octanol–water partition coefficient (Wildman–Crippen LogP) is 0.376. The fourth-order valence-electron chi connectivity index (χ4n) is 1.27. The molecular weight excluding hydrogens is 230 g/mol. The van der Waals surface area contributed by atoms with Gasteiger partial charge in [-0.25, -0.2) is 8.42 Å². The van der Waals surface area contributed by atoms with Crippen LogP contribution >= 0.6 is 0 Å². The van der Waals surface area contributed by atoms with Crippen molar-refractivity contribution in [2.24, 2.45) is 0 Å². The van der Waals surface area contributed by atoms with Gasteiger partial charge in [0.2, 0.25) is 9.84 Å². The zero-order valence-electron chi connectivity index (χ0n) is 8.40. The number of aromatic hydroxyl groups is 1. The van der Waals surface area contributed by atoms with E-state index in [1.807, 2.05) is 0 Å². The minimum atomic E-state index is -3.42. The van der Waals surface area contributed by atoms with Crippen LogP contribution in [0.1, 0.15) is 0 Å². The topological polar surface area (TPSA) is 85.1 Å². The first-order valence-electron chi connectivity index (χ1n) is 4.38. The third-order valence-electron chi connectivity index (χ3n) is 1.98. The number of aromatic nitrogens is 3. The Kier molecular flexibility index (Phi) is 2.39. The van der Waals surface area contributed by atoms with Crippen LogP contribution in [0.25, 0.3) is 5.69 Å². The molecule has 0 saturated carbocycles. The molecule has 2 rings (SSSR count). The molecule has 1 aromatic carbocycles. The second kappa shape index (κ2) is 3.60. The van der Waals surface area contributed by atoms with Gasteiger partial charge in [0, 0.05) is 11.9 Å². The van der Waals surface area contributed by atoms with E-state index in [0.717, 1.165) is 6.26 Å². The maximum atomic E-state index is 11.4. The predicted molar refractivity (Wildman–Crippen MR) is 56.1 cm³/mol. The average Bonchev–Trinajstić information content (AvgIpc) is 2.66. The van der Waals surface area contributed by atoms with Gasteiger partial charge in [0.1, 0.15) is 12.1 Å². The Morgan fingerprint density at radius 3 is 2.44 bits per heavy atom. The van der Waals surface area contributed by atoms with Crippen molar-refractivity contribution < 1.29 is 13.5 Å². The van der Waals surface area contributed by atoms with E-state index in [1.54, 1.807) is 12.1 Å². The molecule has 0 spiro atoms. The van der Waals surface area contributed by atoms with Gasteiger partial charge in [0.15, 0.2) is 0 Å². The monoisotopic (exact) mass is 239 g/mol. The molecule has 0 fully saturated rings. The fraction of sp³-hybridized carbons (Fsp3) is 0.111. The standard InChI is InChI=1S/C9H9N3O3S/c1-16(14,15)9-11-10-6-12(9)7-2-4-8(13)5-3-7/h2-6,13H,1H3. The first-order chi connectivity index (χ1) is 7.48. The van der Waals surface area contributed by atoms with Crippen LogP contribution in [0.2, 0.25) is 0 Å².